The van der Waals surface area contributed by atoms with E-state index in [9.17, 15) is 9.59 Å². The first kappa shape index (κ1) is 16.0. The summed E-state index contributed by atoms with van der Waals surface area (Å²) < 4.78 is 10.3. The van der Waals surface area contributed by atoms with E-state index in [1.54, 1.807) is 0 Å². The molecule has 0 bridgehead atoms. The maximum Gasteiger partial charge on any atom is 0.305 e. The molecular weight excluding hydrogens is 244 g/mol. The van der Waals surface area contributed by atoms with Crippen LogP contribution in [0.25, 0.3) is 0 Å². The molecule has 110 valence electrons. The highest BCUT2D eigenvalue weighted by Crippen LogP contribution is 2.50. The van der Waals surface area contributed by atoms with E-state index < -0.39 is 0 Å². The van der Waals surface area contributed by atoms with Crippen molar-refractivity contribution in [3.8, 4) is 0 Å². The smallest absolute Gasteiger partial charge is 0.305 e. The van der Waals surface area contributed by atoms with Crippen LogP contribution in [0.2, 0.25) is 0 Å². The predicted octanol–water partition coefficient (Wildman–Crippen LogP) is 3.23. The molecule has 4 heteroatoms. The molecule has 1 fully saturated rings. The van der Waals surface area contributed by atoms with Crippen LogP contribution >= 0.6 is 0 Å². The first-order chi connectivity index (χ1) is 8.85. The van der Waals surface area contributed by atoms with E-state index in [0.717, 1.165) is 38.5 Å². The fourth-order valence-corrected chi connectivity index (χ4v) is 3.32. The van der Waals surface area contributed by atoms with Gasteiger partial charge < -0.3 is 9.47 Å². The Bertz CT molecular complexity index is 339. The maximum atomic E-state index is 11.3. The van der Waals surface area contributed by atoms with Crippen molar-refractivity contribution in [2.75, 3.05) is 7.11 Å². The summed E-state index contributed by atoms with van der Waals surface area (Å²) in [5.74, 6) is -0.368. The largest absolute Gasteiger partial charge is 0.469 e. The number of rotatable bonds is 6. The minimum absolute atomic E-state index is 0.0683. The van der Waals surface area contributed by atoms with Crippen LogP contribution in [0.5, 0.6) is 0 Å². The molecule has 2 unspecified atom stereocenters. The Hall–Kier alpha value is -1.06. The number of carbonyl (C=O) groups excluding carboxylic acids is 2. The predicted molar refractivity (Wildman–Crippen MR) is 72.6 cm³/mol. The zero-order valence-corrected chi connectivity index (χ0v) is 12.6. The quantitative estimate of drug-likeness (QED) is 0.695. The van der Waals surface area contributed by atoms with E-state index in [2.05, 4.69) is 13.8 Å². The lowest BCUT2D eigenvalue weighted by Crippen LogP contribution is -2.33. The summed E-state index contributed by atoms with van der Waals surface area (Å²) >= 11 is 0. The van der Waals surface area contributed by atoms with Gasteiger partial charge >= 0.3 is 11.9 Å². The molecule has 0 aromatic rings. The zero-order chi connectivity index (χ0) is 14.5. The van der Waals surface area contributed by atoms with Crippen molar-refractivity contribution in [2.45, 2.75) is 71.3 Å². The second-order valence-electron chi connectivity index (χ2n) is 6.09. The second kappa shape index (κ2) is 6.40. The van der Waals surface area contributed by atoms with Gasteiger partial charge in [-0.05, 0) is 37.5 Å². The molecule has 4 nitrogen and oxygen atoms in total. The van der Waals surface area contributed by atoms with Crippen molar-refractivity contribution in [3.63, 3.8) is 0 Å². The minimum atomic E-state index is -0.314. The third-order valence-corrected chi connectivity index (χ3v) is 4.16. The van der Waals surface area contributed by atoms with Crippen LogP contribution < -0.4 is 0 Å². The molecule has 0 spiro atoms. The van der Waals surface area contributed by atoms with Gasteiger partial charge in [-0.15, -0.1) is 0 Å². The number of hydrogen-bond donors (Lipinski definition) is 0. The van der Waals surface area contributed by atoms with Crippen LogP contribution in [0.1, 0.15) is 65.7 Å². The van der Waals surface area contributed by atoms with Gasteiger partial charge in [-0.1, -0.05) is 20.3 Å². The van der Waals surface area contributed by atoms with Gasteiger partial charge in [0.1, 0.15) is 5.60 Å². The van der Waals surface area contributed by atoms with Gasteiger partial charge in [0.25, 0.3) is 0 Å². The van der Waals surface area contributed by atoms with Crippen LogP contribution in [-0.2, 0) is 19.1 Å². The van der Waals surface area contributed by atoms with Gasteiger partial charge in [0.15, 0.2) is 0 Å². The van der Waals surface area contributed by atoms with Gasteiger partial charge in [0.05, 0.1) is 7.11 Å². The molecule has 0 N–H and O–H groups in total. The number of carbonyl (C=O) groups is 2. The summed E-state index contributed by atoms with van der Waals surface area (Å²) in [6.45, 7) is 5.76. The molecular formula is C15H26O4. The van der Waals surface area contributed by atoms with E-state index >= 15 is 0 Å². The van der Waals surface area contributed by atoms with Crippen LogP contribution in [0.4, 0.5) is 0 Å². The molecule has 0 aromatic carbocycles. The molecule has 19 heavy (non-hydrogen) atoms. The zero-order valence-electron chi connectivity index (χ0n) is 12.6. The number of ether oxygens (including phenoxy) is 2. The van der Waals surface area contributed by atoms with Crippen molar-refractivity contribution in [1.82, 2.24) is 0 Å². The van der Waals surface area contributed by atoms with Crippen molar-refractivity contribution < 1.29 is 19.1 Å². The monoisotopic (exact) mass is 270 g/mol. The third kappa shape index (κ3) is 4.51. The van der Waals surface area contributed by atoms with E-state index in [4.69, 9.17) is 9.47 Å². The molecule has 0 saturated heterocycles. The Morgan fingerprint density at radius 1 is 1.21 bits per heavy atom. The van der Waals surface area contributed by atoms with Crippen LogP contribution in [0.3, 0.4) is 0 Å². The summed E-state index contributed by atoms with van der Waals surface area (Å²) in [7, 11) is 1.42. The van der Waals surface area contributed by atoms with Gasteiger partial charge in [-0.2, -0.15) is 0 Å². The molecule has 2 atom stereocenters. The molecule has 1 aliphatic rings. The minimum Gasteiger partial charge on any atom is -0.469 e. The van der Waals surface area contributed by atoms with E-state index in [1.807, 2.05) is 0 Å². The topological polar surface area (TPSA) is 52.6 Å². The Morgan fingerprint density at radius 2 is 1.89 bits per heavy atom. The molecule has 0 aromatic heterocycles. The van der Waals surface area contributed by atoms with Gasteiger partial charge in [0.2, 0.25) is 0 Å². The normalized spacial score (nSPS) is 30.1. The standard InChI is InChI=1S/C15H26O4/c1-5-7-15(19-12(2)16)10-9-14(3,11-15)8-6-13(17)18-4/h5-11H2,1-4H3. The highest BCUT2D eigenvalue weighted by atomic mass is 16.6. The molecule has 0 heterocycles. The summed E-state index contributed by atoms with van der Waals surface area (Å²) in [5, 5.41) is 0. The SMILES string of the molecule is CCCC1(OC(C)=O)CCC(C)(CCC(=O)OC)C1. The van der Waals surface area contributed by atoms with Crippen LogP contribution in [0, 0.1) is 5.41 Å². The third-order valence-electron chi connectivity index (χ3n) is 4.16. The average Bonchev–Trinajstić information content (AvgIpc) is 2.64. The van der Waals surface area contributed by atoms with E-state index in [0.29, 0.717) is 6.42 Å². The highest BCUT2D eigenvalue weighted by molar-refractivity contribution is 5.69. The Balaban J connectivity index is 2.65. The first-order valence-electron chi connectivity index (χ1n) is 7.11. The number of hydrogen-bond acceptors (Lipinski definition) is 4. The van der Waals surface area contributed by atoms with Crippen molar-refractivity contribution >= 4 is 11.9 Å². The molecule has 1 rings (SSSR count). The molecule has 1 aliphatic carbocycles. The maximum absolute atomic E-state index is 11.3. The molecule has 1 saturated carbocycles. The lowest BCUT2D eigenvalue weighted by atomic mass is 9.81. The lowest BCUT2D eigenvalue weighted by molar-refractivity contribution is -0.158. The Morgan fingerprint density at radius 3 is 2.42 bits per heavy atom. The molecule has 0 radical (unpaired) electrons. The van der Waals surface area contributed by atoms with Crippen molar-refractivity contribution in [2.24, 2.45) is 5.41 Å². The second-order valence-corrected chi connectivity index (χ2v) is 6.09. The average molecular weight is 270 g/mol. The summed E-state index contributed by atoms with van der Waals surface area (Å²) in [4.78, 5) is 22.6. The molecule has 0 amide bonds. The van der Waals surface area contributed by atoms with E-state index in [1.165, 1.54) is 14.0 Å². The Labute approximate surface area is 115 Å². The summed E-state index contributed by atoms with van der Waals surface area (Å²) in [5.41, 5.74) is -0.246. The van der Waals surface area contributed by atoms with Gasteiger partial charge in [-0.3, -0.25) is 9.59 Å². The Kier molecular flexibility index (Phi) is 5.39. The first-order valence-corrected chi connectivity index (χ1v) is 7.11. The fraction of sp³-hybridized carbons (Fsp3) is 0.867. The fourth-order valence-electron chi connectivity index (χ4n) is 3.32. The summed E-state index contributed by atoms with van der Waals surface area (Å²) in [6.07, 6.45) is 5.89. The lowest BCUT2D eigenvalue weighted by Gasteiger charge is -2.31. The highest BCUT2D eigenvalue weighted by Gasteiger charge is 2.47. The van der Waals surface area contributed by atoms with E-state index in [-0.39, 0.29) is 23.0 Å². The van der Waals surface area contributed by atoms with Crippen molar-refractivity contribution in [3.05, 3.63) is 0 Å². The van der Waals surface area contributed by atoms with Gasteiger partial charge in [-0.25, -0.2) is 0 Å². The molecule has 0 aliphatic heterocycles. The number of esters is 2. The van der Waals surface area contributed by atoms with Crippen molar-refractivity contribution in [1.29, 1.82) is 0 Å². The van der Waals surface area contributed by atoms with Crippen LogP contribution in [-0.4, -0.2) is 24.6 Å². The number of methoxy groups -OCH3 is 1. The van der Waals surface area contributed by atoms with Crippen LogP contribution in [0.15, 0.2) is 0 Å². The summed E-state index contributed by atoms with van der Waals surface area (Å²) in [6, 6.07) is 0. The van der Waals surface area contributed by atoms with Gasteiger partial charge in [0, 0.05) is 13.3 Å².